The monoisotopic (exact) mass is 275 g/mol. The average Bonchev–Trinajstić information content (AvgIpc) is 2.27. The van der Waals surface area contributed by atoms with Gasteiger partial charge >= 0.3 is 0 Å². The molecule has 4 nitrogen and oxygen atoms in total. The quantitative estimate of drug-likeness (QED) is 0.850. The van der Waals surface area contributed by atoms with Crippen LogP contribution in [-0.2, 0) is 27.4 Å². The van der Waals surface area contributed by atoms with Gasteiger partial charge in [0.2, 0.25) is 10.0 Å². The van der Waals surface area contributed by atoms with Crippen molar-refractivity contribution in [1.29, 1.82) is 0 Å². The van der Waals surface area contributed by atoms with Crippen molar-refractivity contribution in [1.82, 2.24) is 4.72 Å². The molecule has 0 bridgehead atoms. The molecule has 0 fully saturated rings. The molecule has 6 heteroatoms. The summed E-state index contributed by atoms with van der Waals surface area (Å²) >= 11 is 0. The van der Waals surface area contributed by atoms with Crippen LogP contribution in [-0.4, -0.2) is 24.6 Å². The Kier molecular flexibility index (Phi) is 5.30. The minimum atomic E-state index is -3.17. The summed E-state index contributed by atoms with van der Waals surface area (Å²) < 4.78 is 36.5. The molecule has 0 radical (unpaired) electrons. The van der Waals surface area contributed by atoms with E-state index in [4.69, 9.17) is 0 Å². The van der Waals surface area contributed by atoms with Gasteiger partial charge in [0.15, 0.2) is 0 Å². The van der Waals surface area contributed by atoms with Gasteiger partial charge in [-0.2, -0.15) is 0 Å². The Morgan fingerprint density at radius 2 is 1.82 bits per heavy atom. The number of sulfonamides is 1. The first-order valence-electron chi connectivity index (χ1n) is 5.34. The molecule has 0 aliphatic carbocycles. The van der Waals surface area contributed by atoms with Crippen LogP contribution in [0.15, 0.2) is 29.2 Å². The lowest BCUT2D eigenvalue weighted by Crippen LogP contribution is -2.25. The van der Waals surface area contributed by atoms with Crippen molar-refractivity contribution in [3.05, 3.63) is 29.8 Å². The summed E-state index contributed by atoms with van der Waals surface area (Å²) in [6.45, 7) is 2.10. The zero-order chi connectivity index (χ0) is 12.9. The van der Waals surface area contributed by atoms with Gasteiger partial charge in [0, 0.05) is 28.5 Å². The smallest absolute Gasteiger partial charge is 0.211 e. The van der Waals surface area contributed by atoms with Crippen LogP contribution in [0.25, 0.3) is 0 Å². The van der Waals surface area contributed by atoms with E-state index in [0.29, 0.717) is 6.42 Å². The van der Waals surface area contributed by atoms with Gasteiger partial charge in [-0.1, -0.05) is 19.1 Å². The van der Waals surface area contributed by atoms with E-state index in [1.807, 2.05) is 6.92 Å². The van der Waals surface area contributed by atoms with Gasteiger partial charge in [0.25, 0.3) is 0 Å². The summed E-state index contributed by atoms with van der Waals surface area (Å²) in [6, 6.07) is 7.07. The summed E-state index contributed by atoms with van der Waals surface area (Å²) in [5, 5.41) is 0. The van der Waals surface area contributed by atoms with Crippen molar-refractivity contribution in [2.45, 2.75) is 24.8 Å². The minimum Gasteiger partial charge on any atom is -0.255 e. The van der Waals surface area contributed by atoms with Gasteiger partial charge in [-0.15, -0.1) is 0 Å². The molecule has 0 amide bonds. The second-order valence-electron chi connectivity index (χ2n) is 3.74. The van der Waals surface area contributed by atoms with Crippen LogP contribution in [0.5, 0.6) is 0 Å². The van der Waals surface area contributed by atoms with E-state index >= 15 is 0 Å². The number of benzene rings is 1. The van der Waals surface area contributed by atoms with Crippen LogP contribution < -0.4 is 4.72 Å². The van der Waals surface area contributed by atoms with E-state index in [9.17, 15) is 12.6 Å². The van der Waals surface area contributed by atoms with Gasteiger partial charge < -0.3 is 0 Å². The van der Waals surface area contributed by atoms with Crippen molar-refractivity contribution in [3.8, 4) is 0 Å². The Balaban J connectivity index is 2.62. The SMILES string of the molecule is CCCS(=O)(=O)NCc1ccc(S(C)=O)cc1. The Bertz CT molecular complexity index is 480. The number of hydrogen-bond donors (Lipinski definition) is 1. The van der Waals surface area contributed by atoms with Crippen LogP contribution in [0.3, 0.4) is 0 Å². The van der Waals surface area contributed by atoms with Crippen LogP contribution >= 0.6 is 0 Å². The molecule has 17 heavy (non-hydrogen) atoms. The first-order valence-corrected chi connectivity index (χ1v) is 8.55. The fourth-order valence-electron chi connectivity index (χ4n) is 1.33. The highest BCUT2D eigenvalue weighted by Gasteiger charge is 2.07. The van der Waals surface area contributed by atoms with Gasteiger partial charge in [0.05, 0.1) is 5.75 Å². The van der Waals surface area contributed by atoms with Gasteiger partial charge in [0.1, 0.15) is 0 Å². The maximum absolute atomic E-state index is 11.4. The Hall–Kier alpha value is -0.720. The second-order valence-corrected chi connectivity index (χ2v) is 7.04. The maximum Gasteiger partial charge on any atom is 0.211 e. The lowest BCUT2D eigenvalue weighted by Gasteiger charge is -2.06. The molecule has 0 heterocycles. The predicted octanol–water partition coefficient (Wildman–Crippen LogP) is 1.25. The topological polar surface area (TPSA) is 63.2 Å². The molecule has 0 aromatic heterocycles. The van der Waals surface area contributed by atoms with E-state index in [2.05, 4.69) is 4.72 Å². The second kappa shape index (κ2) is 6.28. The molecule has 1 atom stereocenters. The molecule has 1 aromatic carbocycles. The third-order valence-corrected chi connectivity index (χ3v) is 4.69. The molecule has 0 aliphatic rings. The highest BCUT2D eigenvalue weighted by molar-refractivity contribution is 7.89. The van der Waals surface area contributed by atoms with Gasteiger partial charge in [-0.3, -0.25) is 4.21 Å². The van der Waals surface area contributed by atoms with Crippen molar-refractivity contribution in [3.63, 3.8) is 0 Å². The number of hydrogen-bond acceptors (Lipinski definition) is 3. The Labute approximate surface area is 105 Å². The Morgan fingerprint density at radius 3 is 2.29 bits per heavy atom. The van der Waals surface area contributed by atoms with Crippen molar-refractivity contribution >= 4 is 20.8 Å². The minimum absolute atomic E-state index is 0.143. The van der Waals surface area contributed by atoms with Gasteiger partial charge in [-0.05, 0) is 24.1 Å². The summed E-state index contributed by atoms with van der Waals surface area (Å²) in [7, 11) is -4.17. The van der Waals surface area contributed by atoms with E-state index < -0.39 is 20.8 Å². The molecule has 96 valence electrons. The van der Waals surface area contributed by atoms with E-state index in [1.54, 1.807) is 30.5 Å². The first-order chi connectivity index (χ1) is 7.94. The fourth-order valence-corrected chi connectivity index (χ4v) is 2.92. The van der Waals surface area contributed by atoms with Crippen molar-refractivity contribution in [2.24, 2.45) is 0 Å². The van der Waals surface area contributed by atoms with Gasteiger partial charge in [-0.25, -0.2) is 13.1 Å². The third-order valence-electron chi connectivity index (χ3n) is 2.22. The number of nitrogens with one attached hydrogen (secondary N) is 1. The highest BCUT2D eigenvalue weighted by atomic mass is 32.2. The maximum atomic E-state index is 11.4. The molecule has 0 saturated carbocycles. The van der Waals surface area contributed by atoms with Crippen molar-refractivity contribution in [2.75, 3.05) is 12.0 Å². The lowest BCUT2D eigenvalue weighted by molar-refractivity contribution is 0.580. The standard InChI is InChI=1S/C11H17NO3S2/c1-3-8-17(14,15)12-9-10-4-6-11(7-5-10)16(2)13/h4-7,12H,3,8-9H2,1-2H3. The van der Waals surface area contributed by atoms with Crippen LogP contribution in [0.1, 0.15) is 18.9 Å². The van der Waals surface area contributed by atoms with E-state index in [1.165, 1.54) is 0 Å². The molecular formula is C11H17NO3S2. The summed E-state index contributed by atoms with van der Waals surface area (Å²) in [6.07, 6.45) is 2.21. The Morgan fingerprint density at radius 1 is 1.24 bits per heavy atom. The molecule has 1 unspecified atom stereocenters. The third kappa shape index (κ3) is 4.97. The van der Waals surface area contributed by atoms with Crippen LogP contribution in [0.2, 0.25) is 0 Å². The lowest BCUT2D eigenvalue weighted by atomic mass is 10.2. The summed E-state index contributed by atoms with van der Waals surface area (Å²) in [5.41, 5.74) is 0.860. The first kappa shape index (κ1) is 14.3. The largest absolute Gasteiger partial charge is 0.255 e. The molecule has 1 N–H and O–H groups in total. The normalized spacial score (nSPS) is 13.5. The van der Waals surface area contributed by atoms with E-state index in [-0.39, 0.29) is 12.3 Å². The molecule has 0 aliphatic heterocycles. The van der Waals surface area contributed by atoms with Crippen molar-refractivity contribution < 1.29 is 12.6 Å². The molecule has 0 saturated heterocycles. The van der Waals surface area contributed by atoms with E-state index in [0.717, 1.165) is 10.5 Å². The van der Waals surface area contributed by atoms with Crippen LogP contribution in [0.4, 0.5) is 0 Å². The molecule has 0 spiro atoms. The molecule has 1 aromatic rings. The molecule has 1 rings (SSSR count). The fraction of sp³-hybridized carbons (Fsp3) is 0.455. The zero-order valence-corrected chi connectivity index (χ0v) is 11.6. The highest BCUT2D eigenvalue weighted by Crippen LogP contribution is 2.07. The summed E-state index contributed by atoms with van der Waals surface area (Å²) in [4.78, 5) is 0.741. The average molecular weight is 275 g/mol. The zero-order valence-electron chi connectivity index (χ0n) is 9.97. The number of rotatable bonds is 6. The predicted molar refractivity (Wildman–Crippen MR) is 69.7 cm³/mol. The molecular weight excluding hydrogens is 258 g/mol. The summed E-state index contributed by atoms with van der Waals surface area (Å²) in [5.74, 6) is 0.143. The van der Waals surface area contributed by atoms with Crippen LogP contribution in [0, 0.1) is 0 Å².